The maximum Gasteiger partial charge on any atom is 0.410 e. The fourth-order valence-corrected chi connectivity index (χ4v) is 2.68. The van der Waals surface area contributed by atoms with Gasteiger partial charge in [0, 0.05) is 25.3 Å². The number of piperidine rings is 1. The Balaban J connectivity index is 1.75. The van der Waals surface area contributed by atoms with Crippen molar-refractivity contribution in [3.63, 3.8) is 0 Å². The van der Waals surface area contributed by atoms with E-state index in [1.807, 2.05) is 52.0 Å². The van der Waals surface area contributed by atoms with E-state index in [0.29, 0.717) is 31.5 Å². The lowest BCUT2D eigenvalue weighted by atomic mass is 9.97. The van der Waals surface area contributed by atoms with Crippen LogP contribution in [0.4, 0.5) is 10.5 Å². The number of nitrogens with two attached hydrogens (primary N) is 1. The van der Waals surface area contributed by atoms with Crippen LogP contribution in [0, 0.1) is 12.8 Å². The van der Waals surface area contributed by atoms with Gasteiger partial charge < -0.3 is 20.7 Å². The van der Waals surface area contributed by atoms with Crippen molar-refractivity contribution in [1.82, 2.24) is 4.90 Å². The van der Waals surface area contributed by atoms with Gasteiger partial charge in [0.2, 0.25) is 0 Å². The maximum absolute atomic E-state index is 12.1. The molecule has 0 unspecified atom stereocenters. The van der Waals surface area contributed by atoms with Gasteiger partial charge in [-0.1, -0.05) is 17.7 Å². The van der Waals surface area contributed by atoms with E-state index in [4.69, 9.17) is 10.5 Å². The Morgan fingerprint density at radius 2 is 1.88 bits per heavy atom. The van der Waals surface area contributed by atoms with E-state index in [0.717, 1.165) is 18.5 Å². The lowest BCUT2D eigenvalue weighted by molar-refractivity contribution is 0.0187. The maximum atomic E-state index is 12.1. The molecule has 1 heterocycles. The summed E-state index contributed by atoms with van der Waals surface area (Å²) in [4.78, 5) is 18.3. The van der Waals surface area contributed by atoms with Gasteiger partial charge in [-0.3, -0.25) is 4.99 Å². The van der Waals surface area contributed by atoms with Gasteiger partial charge in [-0.25, -0.2) is 4.79 Å². The molecule has 0 radical (unpaired) electrons. The number of aliphatic imine (C=N–C) groups is 1. The first-order valence-electron chi connectivity index (χ1n) is 8.84. The number of hydrogen-bond donors (Lipinski definition) is 2. The van der Waals surface area contributed by atoms with Crippen molar-refractivity contribution in [2.75, 3.05) is 25.0 Å². The highest BCUT2D eigenvalue weighted by molar-refractivity contribution is 5.92. The molecule has 1 amide bonds. The number of nitrogens with zero attached hydrogens (tertiary/aromatic N) is 2. The quantitative estimate of drug-likeness (QED) is 0.649. The number of likely N-dealkylation sites (tertiary alicyclic amines) is 1. The van der Waals surface area contributed by atoms with Crippen LogP contribution in [0.15, 0.2) is 29.3 Å². The molecular weight excluding hydrogens is 316 g/mol. The number of aryl methyl sites for hydroxylation is 1. The van der Waals surface area contributed by atoms with Crippen LogP contribution >= 0.6 is 0 Å². The smallest absolute Gasteiger partial charge is 0.410 e. The van der Waals surface area contributed by atoms with Gasteiger partial charge in [0.25, 0.3) is 0 Å². The Kier molecular flexibility index (Phi) is 6.28. The molecule has 0 bridgehead atoms. The SMILES string of the molecule is Cc1ccc(NC(N)=NCC2CCN(C(=O)OC(C)(C)C)CC2)cc1. The number of nitrogens with one attached hydrogen (secondary N) is 1. The van der Waals surface area contributed by atoms with E-state index in [9.17, 15) is 4.79 Å². The van der Waals surface area contributed by atoms with Crippen molar-refractivity contribution >= 4 is 17.7 Å². The molecule has 1 aromatic carbocycles. The minimum atomic E-state index is -0.450. The molecule has 2 rings (SSSR count). The third kappa shape index (κ3) is 6.64. The number of hydrogen-bond acceptors (Lipinski definition) is 3. The second-order valence-corrected chi connectivity index (χ2v) is 7.63. The number of amides is 1. The van der Waals surface area contributed by atoms with Gasteiger partial charge in [-0.2, -0.15) is 0 Å². The van der Waals surface area contributed by atoms with Crippen LogP contribution in [0.2, 0.25) is 0 Å². The highest BCUT2D eigenvalue weighted by Crippen LogP contribution is 2.20. The van der Waals surface area contributed by atoms with Crippen molar-refractivity contribution in [2.45, 2.75) is 46.1 Å². The van der Waals surface area contributed by atoms with Crippen LogP contribution in [0.5, 0.6) is 0 Å². The number of guanidine groups is 1. The average molecular weight is 346 g/mol. The second kappa shape index (κ2) is 8.23. The minimum absolute atomic E-state index is 0.227. The molecule has 0 aliphatic carbocycles. The molecule has 0 atom stereocenters. The lowest BCUT2D eigenvalue weighted by Crippen LogP contribution is -2.42. The Bertz CT molecular complexity index is 597. The Hall–Kier alpha value is -2.24. The number of anilines is 1. The summed E-state index contributed by atoms with van der Waals surface area (Å²) in [6.07, 6.45) is 1.61. The second-order valence-electron chi connectivity index (χ2n) is 7.63. The zero-order chi connectivity index (χ0) is 18.4. The molecule has 3 N–H and O–H groups in total. The van der Waals surface area contributed by atoms with Crippen molar-refractivity contribution < 1.29 is 9.53 Å². The Morgan fingerprint density at radius 3 is 2.44 bits per heavy atom. The number of rotatable bonds is 3. The van der Waals surface area contributed by atoms with Crippen molar-refractivity contribution in [2.24, 2.45) is 16.6 Å². The van der Waals surface area contributed by atoms with E-state index in [-0.39, 0.29) is 6.09 Å². The summed E-state index contributed by atoms with van der Waals surface area (Å²) in [6, 6.07) is 8.03. The van der Waals surface area contributed by atoms with Crippen LogP contribution in [0.3, 0.4) is 0 Å². The van der Waals surface area contributed by atoms with E-state index in [1.165, 1.54) is 5.56 Å². The summed E-state index contributed by atoms with van der Waals surface area (Å²) < 4.78 is 5.41. The number of carbonyl (C=O) groups is 1. The molecule has 6 heteroatoms. The highest BCUT2D eigenvalue weighted by Gasteiger charge is 2.26. The first-order valence-corrected chi connectivity index (χ1v) is 8.84. The van der Waals surface area contributed by atoms with E-state index in [1.54, 1.807) is 4.90 Å². The predicted molar refractivity (Wildman–Crippen MR) is 102 cm³/mol. The predicted octanol–water partition coefficient (Wildman–Crippen LogP) is 3.37. The molecule has 1 saturated heterocycles. The van der Waals surface area contributed by atoms with Gasteiger partial charge in [0.1, 0.15) is 5.60 Å². The van der Waals surface area contributed by atoms with Gasteiger partial charge in [0.05, 0.1) is 0 Å². The number of ether oxygens (including phenoxy) is 1. The molecular formula is C19H30N4O2. The van der Waals surface area contributed by atoms with Crippen LogP contribution < -0.4 is 11.1 Å². The summed E-state index contributed by atoms with van der Waals surface area (Å²) in [6.45, 7) is 9.79. The van der Waals surface area contributed by atoms with Crippen LogP contribution in [-0.2, 0) is 4.74 Å². The van der Waals surface area contributed by atoms with Crippen molar-refractivity contribution in [1.29, 1.82) is 0 Å². The van der Waals surface area contributed by atoms with Crippen LogP contribution in [-0.4, -0.2) is 42.2 Å². The molecule has 1 fully saturated rings. The lowest BCUT2D eigenvalue weighted by Gasteiger charge is -2.33. The zero-order valence-electron chi connectivity index (χ0n) is 15.7. The molecule has 138 valence electrons. The highest BCUT2D eigenvalue weighted by atomic mass is 16.6. The summed E-state index contributed by atoms with van der Waals surface area (Å²) in [7, 11) is 0. The van der Waals surface area contributed by atoms with Crippen LogP contribution in [0.1, 0.15) is 39.2 Å². The summed E-state index contributed by atoms with van der Waals surface area (Å²) in [5.41, 5.74) is 7.65. The first kappa shape index (κ1) is 19.1. The third-order valence-electron chi connectivity index (χ3n) is 4.11. The Morgan fingerprint density at radius 1 is 1.28 bits per heavy atom. The minimum Gasteiger partial charge on any atom is -0.444 e. The summed E-state index contributed by atoms with van der Waals surface area (Å²) in [5.74, 6) is 0.871. The topological polar surface area (TPSA) is 80.0 Å². The average Bonchev–Trinajstić information content (AvgIpc) is 2.54. The molecule has 1 aliphatic rings. The van der Waals surface area contributed by atoms with Crippen molar-refractivity contribution in [3.05, 3.63) is 29.8 Å². The third-order valence-corrected chi connectivity index (χ3v) is 4.11. The number of carbonyl (C=O) groups excluding carboxylic acids is 1. The molecule has 6 nitrogen and oxygen atoms in total. The van der Waals surface area contributed by atoms with Gasteiger partial charge >= 0.3 is 6.09 Å². The van der Waals surface area contributed by atoms with Crippen molar-refractivity contribution in [3.8, 4) is 0 Å². The van der Waals surface area contributed by atoms with Gasteiger partial charge in [-0.15, -0.1) is 0 Å². The number of benzene rings is 1. The zero-order valence-corrected chi connectivity index (χ0v) is 15.7. The molecule has 1 aromatic rings. The molecule has 1 aliphatic heterocycles. The first-order chi connectivity index (χ1) is 11.7. The Labute approximate surface area is 150 Å². The normalized spacial score (nSPS) is 16.6. The van der Waals surface area contributed by atoms with E-state index < -0.39 is 5.60 Å². The standard InChI is InChI=1S/C19H30N4O2/c1-14-5-7-16(8-6-14)22-17(20)21-13-15-9-11-23(12-10-15)18(24)25-19(2,3)4/h5-8,15H,9-13H2,1-4H3,(H3,20,21,22). The fraction of sp³-hybridized carbons (Fsp3) is 0.579. The van der Waals surface area contributed by atoms with Crippen LogP contribution in [0.25, 0.3) is 0 Å². The largest absolute Gasteiger partial charge is 0.444 e. The summed E-state index contributed by atoms with van der Waals surface area (Å²) in [5, 5.41) is 3.10. The summed E-state index contributed by atoms with van der Waals surface area (Å²) >= 11 is 0. The molecule has 0 saturated carbocycles. The van der Waals surface area contributed by atoms with E-state index >= 15 is 0 Å². The van der Waals surface area contributed by atoms with Gasteiger partial charge in [-0.05, 0) is 58.6 Å². The monoisotopic (exact) mass is 346 g/mol. The van der Waals surface area contributed by atoms with E-state index in [2.05, 4.69) is 10.3 Å². The molecule has 0 spiro atoms. The van der Waals surface area contributed by atoms with Gasteiger partial charge in [0.15, 0.2) is 5.96 Å². The molecule has 0 aromatic heterocycles. The fourth-order valence-electron chi connectivity index (χ4n) is 2.68. The molecule has 25 heavy (non-hydrogen) atoms.